The Morgan fingerprint density at radius 2 is 2.07 bits per heavy atom. The summed E-state index contributed by atoms with van der Waals surface area (Å²) in [5, 5.41) is 0. The van der Waals surface area contributed by atoms with Gasteiger partial charge in [0.2, 0.25) is 0 Å². The Hall–Kier alpha value is -1.40. The molecule has 1 aromatic carbocycles. The van der Waals surface area contributed by atoms with Crippen molar-refractivity contribution in [1.82, 2.24) is 0 Å². The standard InChI is InChI=1S/C8H8O5S/c1-13-8-6(5-9)3-2-4-7(8)14(10,11)12/h2-5H,1H3,(H,10,11,12). The summed E-state index contributed by atoms with van der Waals surface area (Å²) in [4.78, 5) is 10.1. The van der Waals surface area contributed by atoms with Crippen LogP contribution in [0.2, 0.25) is 0 Å². The van der Waals surface area contributed by atoms with Gasteiger partial charge in [-0.2, -0.15) is 8.42 Å². The van der Waals surface area contributed by atoms with Crippen molar-refractivity contribution < 1.29 is 22.5 Å². The van der Waals surface area contributed by atoms with Gasteiger partial charge in [-0.15, -0.1) is 0 Å². The molecule has 5 nitrogen and oxygen atoms in total. The molecule has 0 spiro atoms. The molecule has 0 saturated heterocycles. The van der Waals surface area contributed by atoms with E-state index < -0.39 is 15.0 Å². The van der Waals surface area contributed by atoms with Crippen molar-refractivity contribution in [2.24, 2.45) is 0 Å². The second-order valence-electron chi connectivity index (χ2n) is 2.47. The van der Waals surface area contributed by atoms with Gasteiger partial charge in [0.25, 0.3) is 10.1 Å². The normalized spacial score (nSPS) is 11.0. The molecule has 0 aliphatic rings. The molecule has 0 fully saturated rings. The Morgan fingerprint density at radius 3 is 2.50 bits per heavy atom. The molecular formula is C8H8O5S. The number of hydrogen-bond acceptors (Lipinski definition) is 4. The van der Waals surface area contributed by atoms with E-state index in [1.165, 1.54) is 19.2 Å². The summed E-state index contributed by atoms with van der Waals surface area (Å²) >= 11 is 0. The monoisotopic (exact) mass is 216 g/mol. The van der Waals surface area contributed by atoms with Crippen LogP contribution >= 0.6 is 0 Å². The molecule has 76 valence electrons. The van der Waals surface area contributed by atoms with Gasteiger partial charge in [-0.1, -0.05) is 6.07 Å². The van der Waals surface area contributed by atoms with Crippen LogP contribution in [-0.2, 0) is 10.1 Å². The zero-order chi connectivity index (χ0) is 10.8. The van der Waals surface area contributed by atoms with Crippen molar-refractivity contribution in [1.29, 1.82) is 0 Å². The number of hydrogen-bond donors (Lipinski definition) is 1. The van der Waals surface area contributed by atoms with Crippen molar-refractivity contribution in [3.8, 4) is 5.75 Å². The molecule has 0 bridgehead atoms. The molecular weight excluding hydrogens is 208 g/mol. The van der Waals surface area contributed by atoms with Crippen LogP contribution in [0.4, 0.5) is 0 Å². The molecule has 0 aromatic heterocycles. The summed E-state index contributed by atoms with van der Waals surface area (Å²) in [6, 6.07) is 3.89. The van der Waals surface area contributed by atoms with E-state index in [1.807, 2.05) is 0 Å². The minimum atomic E-state index is -4.36. The highest BCUT2D eigenvalue weighted by Gasteiger charge is 2.18. The second kappa shape index (κ2) is 3.77. The second-order valence-corrected chi connectivity index (χ2v) is 3.86. The number of methoxy groups -OCH3 is 1. The predicted molar refractivity (Wildman–Crippen MR) is 48.2 cm³/mol. The predicted octanol–water partition coefficient (Wildman–Crippen LogP) is 0.754. The lowest BCUT2D eigenvalue weighted by Gasteiger charge is -2.07. The average molecular weight is 216 g/mol. The van der Waals surface area contributed by atoms with Crippen LogP contribution in [0.1, 0.15) is 10.4 Å². The molecule has 6 heteroatoms. The zero-order valence-electron chi connectivity index (χ0n) is 7.30. The summed E-state index contributed by atoms with van der Waals surface area (Å²) < 4.78 is 35.2. The summed E-state index contributed by atoms with van der Waals surface area (Å²) in [6.45, 7) is 0. The molecule has 0 aliphatic carbocycles. The number of para-hydroxylation sites is 1. The molecule has 0 heterocycles. The van der Waals surface area contributed by atoms with Crippen LogP contribution in [-0.4, -0.2) is 26.4 Å². The average Bonchev–Trinajstić information content (AvgIpc) is 2.15. The van der Waals surface area contributed by atoms with Crippen LogP contribution in [0.3, 0.4) is 0 Å². The van der Waals surface area contributed by atoms with E-state index >= 15 is 0 Å². The fraction of sp³-hybridized carbons (Fsp3) is 0.125. The third kappa shape index (κ3) is 1.91. The van der Waals surface area contributed by atoms with Gasteiger partial charge >= 0.3 is 0 Å². The number of carbonyl (C=O) groups excluding carboxylic acids is 1. The SMILES string of the molecule is COc1c(C=O)cccc1S(=O)(=O)O. The lowest BCUT2D eigenvalue weighted by atomic mass is 10.2. The first-order valence-electron chi connectivity index (χ1n) is 3.60. The van der Waals surface area contributed by atoms with Gasteiger partial charge < -0.3 is 4.74 Å². The molecule has 1 rings (SSSR count). The fourth-order valence-electron chi connectivity index (χ4n) is 1.05. The van der Waals surface area contributed by atoms with Crippen molar-refractivity contribution in [3.63, 3.8) is 0 Å². The summed E-state index contributed by atoms with van der Waals surface area (Å²) in [7, 11) is -3.14. The molecule has 1 aromatic rings. The van der Waals surface area contributed by atoms with Crippen LogP contribution in [0.25, 0.3) is 0 Å². The maximum Gasteiger partial charge on any atom is 0.298 e. The smallest absolute Gasteiger partial charge is 0.298 e. The lowest BCUT2D eigenvalue weighted by molar-refractivity contribution is 0.112. The molecule has 0 atom stereocenters. The van der Waals surface area contributed by atoms with Crippen molar-refractivity contribution >= 4 is 16.4 Å². The van der Waals surface area contributed by atoms with Crippen LogP contribution in [0.5, 0.6) is 5.75 Å². The first-order chi connectivity index (χ1) is 6.50. The first-order valence-corrected chi connectivity index (χ1v) is 5.04. The van der Waals surface area contributed by atoms with Gasteiger partial charge in [-0.05, 0) is 12.1 Å². The largest absolute Gasteiger partial charge is 0.495 e. The van der Waals surface area contributed by atoms with E-state index in [9.17, 15) is 13.2 Å². The zero-order valence-corrected chi connectivity index (χ0v) is 8.11. The van der Waals surface area contributed by atoms with Crippen molar-refractivity contribution in [2.45, 2.75) is 4.90 Å². The van der Waals surface area contributed by atoms with E-state index in [0.29, 0.717) is 6.29 Å². The molecule has 0 radical (unpaired) electrons. The maximum atomic E-state index is 10.8. The molecule has 0 amide bonds. The number of benzene rings is 1. The molecule has 0 unspecified atom stereocenters. The van der Waals surface area contributed by atoms with E-state index in [0.717, 1.165) is 6.07 Å². The fourth-order valence-corrected chi connectivity index (χ4v) is 1.73. The van der Waals surface area contributed by atoms with Crippen LogP contribution in [0.15, 0.2) is 23.1 Å². The Kier molecular flexibility index (Phi) is 2.87. The highest BCUT2D eigenvalue weighted by Crippen LogP contribution is 2.26. The Morgan fingerprint density at radius 1 is 1.43 bits per heavy atom. The third-order valence-corrected chi connectivity index (χ3v) is 2.50. The summed E-state index contributed by atoms with van der Waals surface area (Å²) in [5.74, 6) is -0.148. The Bertz CT molecular complexity index is 449. The molecule has 14 heavy (non-hydrogen) atoms. The quantitative estimate of drug-likeness (QED) is 0.595. The van der Waals surface area contributed by atoms with Gasteiger partial charge in [0.05, 0.1) is 12.7 Å². The highest BCUT2D eigenvalue weighted by molar-refractivity contribution is 7.86. The topological polar surface area (TPSA) is 80.7 Å². The number of aldehydes is 1. The van der Waals surface area contributed by atoms with Gasteiger partial charge in [-0.25, -0.2) is 0 Å². The number of carbonyl (C=O) groups is 1. The van der Waals surface area contributed by atoms with E-state index in [-0.39, 0.29) is 11.3 Å². The molecule has 0 saturated carbocycles. The third-order valence-electron chi connectivity index (χ3n) is 1.62. The summed E-state index contributed by atoms with van der Waals surface area (Å²) in [6.07, 6.45) is 0.452. The van der Waals surface area contributed by atoms with Gasteiger partial charge in [0.1, 0.15) is 10.6 Å². The number of ether oxygens (including phenoxy) is 1. The van der Waals surface area contributed by atoms with Gasteiger partial charge in [0, 0.05) is 0 Å². The van der Waals surface area contributed by atoms with E-state index in [2.05, 4.69) is 0 Å². The summed E-state index contributed by atoms with van der Waals surface area (Å²) in [5.41, 5.74) is 0.0719. The van der Waals surface area contributed by atoms with Crippen LogP contribution < -0.4 is 4.74 Å². The van der Waals surface area contributed by atoms with Gasteiger partial charge in [-0.3, -0.25) is 9.35 Å². The van der Waals surface area contributed by atoms with Crippen molar-refractivity contribution in [3.05, 3.63) is 23.8 Å². The number of rotatable bonds is 3. The van der Waals surface area contributed by atoms with Crippen LogP contribution in [0, 0.1) is 0 Å². The highest BCUT2D eigenvalue weighted by atomic mass is 32.2. The Balaban J connectivity index is 3.52. The van der Waals surface area contributed by atoms with Gasteiger partial charge in [0.15, 0.2) is 6.29 Å². The first kappa shape index (κ1) is 10.7. The van der Waals surface area contributed by atoms with Crippen molar-refractivity contribution in [2.75, 3.05) is 7.11 Å². The molecule has 0 aliphatic heterocycles. The Labute approximate surface area is 81.1 Å². The minimum absolute atomic E-state index is 0.0719. The lowest BCUT2D eigenvalue weighted by Crippen LogP contribution is -2.03. The minimum Gasteiger partial charge on any atom is -0.495 e. The van der Waals surface area contributed by atoms with E-state index in [4.69, 9.17) is 9.29 Å². The molecule has 1 N–H and O–H groups in total. The maximum absolute atomic E-state index is 10.8. The van der Waals surface area contributed by atoms with E-state index in [1.54, 1.807) is 0 Å².